The number of rotatable bonds is 9. The van der Waals surface area contributed by atoms with E-state index in [1.54, 1.807) is 17.2 Å². The minimum Gasteiger partial charge on any atom is -0.364 e. The van der Waals surface area contributed by atoms with E-state index in [-0.39, 0.29) is 5.97 Å². The highest BCUT2D eigenvalue weighted by Gasteiger charge is 2.12. The Labute approximate surface area is 115 Å². The summed E-state index contributed by atoms with van der Waals surface area (Å²) >= 11 is 0. The lowest BCUT2D eigenvalue weighted by atomic mass is 10.2. The maximum atomic E-state index is 12.0. The zero-order valence-electron chi connectivity index (χ0n) is 11.7. The molecule has 0 aromatic heterocycles. The van der Waals surface area contributed by atoms with Crippen LogP contribution in [0, 0.1) is 0 Å². The molecular formula is C16H23NO2. The highest BCUT2D eigenvalue weighted by molar-refractivity contribution is 5.89. The van der Waals surface area contributed by atoms with Gasteiger partial charge in [-0.1, -0.05) is 37.6 Å². The molecule has 19 heavy (non-hydrogen) atoms. The Hall–Kier alpha value is -1.61. The fourth-order valence-electron chi connectivity index (χ4n) is 1.69. The van der Waals surface area contributed by atoms with Gasteiger partial charge in [0.2, 0.25) is 0 Å². The van der Waals surface area contributed by atoms with Gasteiger partial charge in [-0.2, -0.15) is 0 Å². The number of nitrogens with zero attached hydrogens (tertiary/aromatic N) is 1. The fraction of sp³-hybridized carbons (Fsp3) is 0.438. The van der Waals surface area contributed by atoms with Gasteiger partial charge < -0.3 is 4.84 Å². The number of benzene rings is 1. The first kappa shape index (κ1) is 15.4. The van der Waals surface area contributed by atoms with Crippen molar-refractivity contribution < 1.29 is 9.63 Å². The molecule has 1 rings (SSSR count). The number of hydroxylamine groups is 2. The van der Waals surface area contributed by atoms with E-state index < -0.39 is 0 Å². The summed E-state index contributed by atoms with van der Waals surface area (Å²) in [7, 11) is 0. The average molecular weight is 261 g/mol. The van der Waals surface area contributed by atoms with Gasteiger partial charge in [-0.25, -0.2) is 4.79 Å². The Morgan fingerprint density at radius 3 is 2.58 bits per heavy atom. The maximum absolute atomic E-state index is 12.0. The molecule has 0 heterocycles. The molecule has 0 atom stereocenters. The van der Waals surface area contributed by atoms with Crippen LogP contribution >= 0.6 is 0 Å². The summed E-state index contributed by atoms with van der Waals surface area (Å²) in [5, 5.41) is 1.77. The Kier molecular flexibility index (Phi) is 7.59. The van der Waals surface area contributed by atoms with Crippen LogP contribution in [0.15, 0.2) is 43.0 Å². The summed E-state index contributed by atoms with van der Waals surface area (Å²) in [6.07, 6.45) is 5.88. The Morgan fingerprint density at radius 2 is 1.95 bits per heavy atom. The van der Waals surface area contributed by atoms with Crippen molar-refractivity contribution >= 4 is 5.97 Å². The number of allylic oxidation sites excluding steroid dienone is 1. The van der Waals surface area contributed by atoms with Crippen LogP contribution in [0.2, 0.25) is 0 Å². The second-order valence-electron chi connectivity index (χ2n) is 4.46. The van der Waals surface area contributed by atoms with Crippen molar-refractivity contribution in [3.8, 4) is 0 Å². The van der Waals surface area contributed by atoms with Gasteiger partial charge in [0, 0.05) is 13.1 Å². The number of hydrogen-bond acceptors (Lipinski definition) is 3. The topological polar surface area (TPSA) is 29.5 Å². The van der Waals surface area contributed by atoms with Gasteiger partial charge in [-0.3, -0.25) is 0 Å². The number of carbonyl (C=O) groups is 1. The number of unbranched alkanes of at least 4 members (excludes halogenated alkanes) is 2. The van der Waals surface area contributed by atoms with Crippen LogP contribution in [0.5, 0.6) is 0 Å². The Bertz CT molecular complexity index is 376. The first-order chi connectivity index (χ1) is 9.27. The zero-order valence-corrected chi connectivity index (χ0v) is 11.7. The minimum absolute atomic E-state index is 0.282. The molecule has 3 heteroatoms. The first-order valence-corrected chi connectivity index (χ1v) is 6.91. The third-order valence-corrected chi connectivity index (χ3v) is 2.80. The summed E-state index contributed by atoms with van der Waals surface area (Å²) in [5.74, 6) is -0.282. The highest BCUT2D eigenvalue weighted by Crippen LogP contribution is 2.06. The molecule has 0 unspecified atom stereocenters. The van der Waals surface area contributed by atoms with Crippen LogP contribution in [0.25, 0.3) is 0 Å². The molecule has 1 aromatic carbocycles. The van der Waals surface area contributed by atoms with E-state index in [1.165, 1.54) is 0 Å². The number of hydrogen-bond donors (Lipinski definition) is 0. The van der Waals surface area contributed by atoms with Gasteiger partial charge >= 0.3 is 5.97 Å². The molecule has 1 aromatic rings. The molecule has 104 valence electrons. The standard InChI is InChI=1S/C16H23NO2/c1-3-5-10-14-17(13-6-4-2)19-16(18)15-11-8-7-9-12-15/h3,7-9,11-12H,1,4-6,10,13-14H2,2H3. The summed E-state index contributed by atoms with van der Waals surface area (Å²) < 4.78 is 0. The largest absolute Gasteiger partial charge is 0.364 e. The second kappa shape index (κ2) is 9.34. The minimum atomic E-state index is -0.282. The lowest BCUT2D eigenvalue weighted by molar-refractivity contribution is -0.110. The van der Waals surface area contributed by atoms with Gasteiger partial charge in [0.15, 0.2) is 0 Å². The molecule has 0 aliphatic carbocycles. The monoisotopic (exact) mass is 261 g/mol. The molecule has 3 nitrogen and oxygen atoms in total. The fourth-order valence-corrected chi connectivity index (χ4v) is 1.69. The van der Waals surface area contributed by atoms with E-state index in [4.69, 9.17) is 4.84 Å². The van der Waals surface area contributed by atoms with E-state index in [9.17, 15) is 4.79 Å². The highest BCUT2D eigenvalue weighted by atomic mass is 16.7. The van der Waals surface area contributed by atoms with E-state index in [0.29, 0.717) is 5.56 Å². The molecular weight excluding hydrogens is 238 g/mol. The lowest BCUT2D eigenvalue weighted by Crippen LogP contribution is -2.29. The maximum Gasteiger partial charge on any atom is 0.357 e. The van der Waals surface area contributed by atoms with Crippen LogP contribution in [0.3, 0.4) is 0 Å². The van der Waals surface area contributed by atoms with Crippen LogP contribution in [0.1, 0.15) is 43.0 Å². The molecule has 0 amide bonds. The van der Waals surface area contributed by atoms with Crippen molar-refractivity contribution in [2.45, 2.75) is 32.6 Å². The molecule has 0 spiro atoms. The number of carbonyl (C=O) groups excluding carboxylic acids is 1. The predicted molar refractivity (Wildman–Crippen MR) is 77.8 cm³/mol. The van der Waals surface area contributed by atoms with Gasteiger partial charge in [0.1, 0.15) is 0 Å². The molecule has 0 fully saturated rings. The zero-order chi connectivity index (χ0) is 13.9. The summed E-state index contributed by atoms with van der Waals surface area (Å²) in [5.41, 5.74) is 0.590. The average Bonchev–Trinajstić information content (AvgIpc) is 2.45. The third-order valence-electron chi connectivity index (χ3n) is 2.80. The lowest BCUT2D eigenvalue weighted by Gasteiger charge is -2.20. The van der Waals surface area contributed by atoms with Crippen LogP contribution in [0.4, 0.5) is 0 Å². The van der Waals surface area contributed by atoms with E-state index >= 15 is 0 Å². The van der Waals surface area contributed by atoms with Crippen molar-refractivity contribution in [3.05, 3.63) is 48.6 Å². The summed E-state index contributed by atoms with van der Waals surface area (Å²) in [6, 6.07) is 9.10. The Balaban J connectivity index is 2.50. The quantitative estimate of drug-likeness (QED) is 0.384. The van der Waals surface area contributed by atoms with Crippen molar-refractivity contribution in [2.75, 3.05) is 13.1 Å². The molecule has 0 aliphatic rings. The first-order valence-electron chi connectivity index (χ1n) is 6.91. The molecule has 0 N–H and O–H groups in total. The molecule has 0 bridgehead atoms. The Morgan fingerprint density at radius 1 is 1.26 bits per heavy atom. The van der Waals surface area contributed by atoms with Gasteiger partial charge in [0.25, 0.3) is 0 Å². The van der Waals surface area contributed by atoms with Crippen LogP contribution in [-0.4, -0.2) is 24.1 Å². The van der Waals surface area contributed by atoms with Crippen molar-refractivity contribution in [1.29, 1.82) is 0 Å². The van der Waals surface area contributed by atoms with Crippen molar-refractivity contribution in [1.82, 2.24) is 5.06 Å². The van der Waals surface area contributed by atoms with Gasteiger partial charge in [-0.05, 0) is 31.4 Å². The molecule has 0 saturated heterocycles. The van der Waals surface area contributed by atoms with Crippen LogP contribution in [-0.2, 0) is 4.84 Å². The molecule has 0 saturated carbocycles. The predicted octanol–water partition coefficient (Wildman–Crippen LogP) is 3.83. The second-order valence-corrected chi connectivity index (χ2v) is 4.46. The normalized spacial score (nSPS) is 10.4. The van der Waals surface area contributed by atoms with Gasteiger partial charge in [-0.15, -0.1) is 11.6 Å². The van der Waals surface area contributed by atoms with Crippen molar-refractivity contribution in [2.24, 2.45) is 0 Å². The molecule has 0 aliphatic heterocycles. The smallest absolute Gasteiger partial charge is 0.357 e. The van der Waals surface area contributed by atoms with Crippen molar-refractivity contribution in [3.63, 3.8) is 0 Å². The van der Waals surface area contributed by atoms with Gasteiger partial charge in [0.05, 0.1) is 5.56 Å². The van der Waals surface area contributed by atoms with E-state index in [0.717, 1.165) is 38.8 Å². The third kappa shape index (κ3) is 6.20. The molecule has 0 radical (unpaired) electrons. The summed E-state index contributed by atoms with van der Waals surface area (Å²) in [6.45, 7) is 7.37. The van der Waals surface area contributed by atoms with E-state index in [2.05, 4.69) is 13.5 Å². The SMILES string of the molecule is C=CCCCN(CCCC)OC(=O)c1ccccc1. The van der Waals surface area contributed by atoms with Crippen LogP contribution < -0.4 is 0 Å². The summed E-state index contributed by atoms with van der Waals surface area (Å²) in [4.78, 5) is 17.4. The van der Waals surface area contributed by atoms with E-state index in [1.807, 2.05) is 24.3 Å².